The standard InChI is InChI=1S/C19H20BrN3O4S/c1-13-11-14(7-8-16(13)20)28(25,26)23(9-10-27-2)12-18-21-17-6-4-3-5-15(17)19(24)22-18/h3-8,11H,9-10,12H2,1-2H3,(H,21,22,24). The van der Waals surface area contributed by atoms with Crippen LogP contribution in [0.5, 0.6) is 0 Å². The number of aromatic nitrogens is 2. The van der Waals surface area contributed by atoms with Gasteiger partial charge < -0.3 is 9.72 Å². The van der Waals surface area contributed by atoms with E-state index in [1.165, 1.54) is 11.4 Å². The van der Waals surface area contributed by atoms with Crippen molar-refractivity contribution >= 4 is 36.9 Å². The number of aromatic amines is 1. The highest BCUT2D eigenvalue weighted by Crippen LogP contribution is 2.23. The maximum absolute atomic E-state index is 13.2. The van der Waals surface area contributed by atoms with Crippen LogP contribution < -0.4 is 5.56 Å². The first-order valence-corrected chi connectivity index (χ1v) is 10.8. The summed E-state index contributed by atoms with van der Waals surface area (Å²) in [5.74, 6) is 0.275. The predicted octanol–water partition coefficient (Wildman–Crippen LogP) is 2.83. The van der Waals surface area contributed by atoms with Crippen molar-refractivity contribution in [2.75, 3.05) is 20.3 Å². The Bertz CT molecular complexity index is 1160. The Morgan fingerprint density at radius 3 is 2.68 bits per heavy atom. The summed E-state index contributed by atoms with van der Waals surface area (Å²) in [7, 11) is -2.30. The fourth-order valence-corrected chi connectivity index (χ4v) is 4.50. The number of rotatable bonds is 7. The summed E-state index contributed by atoms with van der Waals surface area (Å²) >= 11 is 3.38. The van der Waals surface area contributed by atoms with Crippen LogP contribution in [-0.2, 0) is 21.3 Å². The molecule has 0 bridgehead atoms. The highest BCUT2D eigenvalue weighted by molar-refractivity contribution is 9.10. The SMILES string of the molecule is COCCN(Cc1nc2ccccc2c(=O)[nH]1)S(=O)(=O)c1ccc(Br)c(C)c1. The molecule has 0 saturated carbocycles. The van der Waals surface area contributed by atoms with Crippen molar-refractivity contribution in [1.29, 1.82) is 0 Å². The number of aryl methyl sites for hydroxylation is 1. The quantitative estimate of drug-likeness (QED) is 0.578. The van der Waals surface area contributed by atoms with Gasteiger partial charge >= 0.3 is 0 Å². The molecule has 1 heterocycles. The van der Waals surface area contributed by atoms with Gasteiger partial charge in [-0.3, -0.25) is 4.79 Å². The number of halogens is 1. The summed E-state index contributed by atoms with van der Waals surface area (Å²) in [6.45, 7) is 2.10. The molecule has 0 saturated heterocycles. The van der Waals surface area contributed by atoms with Crippen LogP contribution in [0, 0.1) is 6.92 Å². The number of hydrogen-bond donors (Lipinski definition) is 1. The molecule has 0 aliphatic heterocycles. The van der Waals surface area contributed by atoms with Gasteiger partial charge in [0.05, 0.1) is 29.0 Å². The largest absolute Gasteiger partial charge is 0.383 e. The Labute approximate surface area is 171 Å². The van der Waals surface area contributed by atoms with E-state index in [2.05, 4.69) is 25.9 Å². The number of hydrogen-bond acceptors (Lipinski definition) is 5. The Morgan fingerprint density at radius 2 is 1.96 bits per heavy atom. The number of para-hydroxylation sites is 1. The molecule has 148 valence electrons. The normalized spacial score (nSPS) is 12.0. The lowest BCUT2D eigenvalue weighted by atomic mass is 10.2. The minimum Gasteiger partial charge on any atom is -0.383 e. The molecule has 0 spiro atoms. The number of ether oxygens (including phenoxy) is 1. The molecule has 3 rings (SSSR count). The highest BCUT2D eigenvalue weighted by atomic mass is 79.9. The molecule has 0 aliphatic rings. The number of nitrogens with zero attached hydrogens (tertiary/aromatic N) is 2. The van der Waals surface area contributed by atoms with E-state index in [-0.39, 0.29) is 36.0 Å². The van der Waals surface area contributed by atoms with E-state index in [1.807, 2.05) is 6.92 Å². The summed E-state index contributed by atoms with van der Waals surface area (Å²) in [5.41, 5.74) is 1.03. The van der Waals surface area contributed by atoms with Crippen LogP contribution in [-0.4, -0.2) is 43.0 Å². The number of fused-ring (bicyclic) bond motifs is 1. The second kappa shape index (κ2) is 8.52. The lowest BCUT2D eigenvalue weighted by molar-refractivity contribution is 0.176. The lowest BCUT2D eigenvalue weighted by Crippen LogP contribution is -2.34. The van der Waals surface area contributed by atoms with Gasteiger partial charge in [0.2, 0.25) is 10.0 Å². The van der Waals surface area contributed by atoms with E-state index < -0.39 is 10.0 Å². The second-order valence-corrected chi connectivity index (χ2v) is 9.06. The van der Waals surface area contributed by atoms with Crippen molar-refractivity contribution in [2.24, 2.45) is 0 Å². The van der Waals surface area contributed by atoms with Crippen LogP contribution in [0.15, 0.2) is 56.6 Å². The monoisotopic (exact) mass is 465 g/mol. The molecule has 0 amide bonds. The lowest BCUT2D eigenvalue weighted by Gasteiger charge is -2.22. The smallest absolute Gasteiger partial charge is 0.258 e. The third-order valence-electron chi connectivity index (χ3n) is 4.30. The molecule has 2 aromatic carbocycles. The number of benzene rings is 2. The zero-order chi connectivity index (χ0) is 20.3. The molecule has 0 atom stereocenters. The molecule has 28 heavy (non-hydrogen) atoms. The Hall–Kier alpha value is -2.07. The summed E-state index contributed by atoms with van der Waals surface area (Å²) in [4.78, 5) is 19.6. The van der Waals surface area contributed by atoms with Gasteiger partial charge in [-0.25, -0.2) is 13.4 Å². The topological polar surface area (TPSA) is 92.4 Å². The third kappa shape index (κ3) is 4.33. The minimum absolute atomic E-state index is 0.0686. The van der Waals surface area contributed by atoms with E-state index in [9.17, 15) is 13.2 Å². The van der Waals surface area contributed by atoms with E-state index in [1.54, 1.807) is 42.5 Å². The number of nitrogens with one attached hydrogen (secondary N) is 1. The summed E-state index contributed by atoms with van der Waals surface area (Å²) in [6, 6.07) is 11.8. The zero-order valence-corrected chi connectivity index (χ0v) is 17.9. The van der Waals surface area contributed by atoms with Gasteiger partial charge in [0.15, 0.2) is 0 Å². The molecule has 7 nitrogen and oxygen atoms in total. The molecule has 9 heteroatoms. The second-order valence-electron chi connectivity index (χ2n) is 6.27. The Kier molecular flexibility index (Phi) is 6.29. The average molecular weight is 466 g/mol. The molecule has 1 aromatic heterocycles. The fraction of sp³-hybridized carbons (Fsp3) is 0.263. The van der Waals surface area contributed by atoms with Crippen molar-refractivity contribution in [1.82, 2.24) is 14.3 Å². The van der Waals surface area contributed by atoms with Crippen LogP contribution in [0.2, 0.25) is 0 Å². The molecule has 3 aromatic rings. The first kappa shape index (κ1) is 20.7. The number of sulfonamides is 1. The van der Waals surface area contributed by atoms with Gasteiger partial charge in [-0.2, -0.15) is 4.31 Å². The van der Waals surface area contributed by atoms with Gasteiger partial charge in [0, 0.05) is 18.1 Å². The summed E-state index contributed by atoms with van der Waals surface area (Å²) in [6.07, 6.45) is 0. The summed E-state index contributed by atoms with van der Waals surface area (Å²) in [5, 5.41) is 0.459. The first-order chi connectivity index (χ1) is 13.3. The zero-order valence-electron chi connectivity index (χ0n) is 15.5. The highest BCUT2D eigenvalue weighted by Gasteiger charge is 2.26. The molecular weight excluding hydrogens is 446 g/mol. The van der Waals surface area contributed by atoms with Crippen molar-refractivity contribution in [2.45, 2.75) is 18.4 Å². The van der Waals surface area contributed by atoms with Crippen molar-refractivity contribution in [3.63, 3.8) is 0 Å². The molecule has 0 unspecified atom stereocenters. The van der Waals surface area contributed by atoms with Crippen molar-refractivity contribution in [3.05, 3.63) is 68.7 Å². The minimum atomic E-state index is -3.81. The number of H-pyrrole nitrogens is 1. The van der Waals surface area contributed by atoms with Gasteiger partial charge in [-0.15, -0.1) is 0 Å². The van der Waals surface area contributed by atoms with Crippen LogP contribution in [0.3, 0.4) is 0 Å². The summed E-state index contributed by atoms with van der Waals surface area (Å²) < 4.78 is 33.5. The molecule has 0 radical (unpaired) electrons. The van der Waals surface area contributed by atoms with Gasteiger partial charge in [0.25, 0.3) is 5.56 Å². The van der Waals surface area contributed by atoms with Crippen molar-refractivity contribution < 1.29 is 13.2 Å². The molecule has 1 N–H and O–H groups in total. The first-order valence-electron chi connectivity index (χ1n) is 8.56. The van der Waals surface area contributed by atoms with Crippen LogP contribution in [0.4, 0.5) is 0 Å². The van der Waals surface area contributed by atoms with Crippen LogP contribution in [0.1, 0.15) is 11.4 Å². The fourth-order valence-electron chi connectivity index (χ4n) is 2.78. The van der Waals surface area contributed by atoms with Crippen LogP contribution in [0.25, 0.3) is 10.9 Å². The van der Waals surface area contributed by atoms with Gasteiger partial charge in [0.1, 0.15) is 5.82 Å². The van der Waals surface area contributed by atoms with Gasteiger partial charge in [-0.05, 0) is 42.8 Å². The average Bonchev–Trinajstić information content (AvgIpc) is 2.67. The Morgan fingerprint density at radius 1 is 1.21 bits per heavy atom. The van der Waals surface area contributed by atoms with E-state index in [4.69, 9.17) is 4.74 Å². The molecular formula is C19H20BrN3O4S. The Balaban J connectivity index is 2.00. The molecule has 0 fully saturated rings. The number of methoxy groups -OCH3 is 1. The van der Waals surface area contributed by atoms with E-state index in [0.717, 1.165) is 10.0 Å². The predicted molar refractivity (Wildman–Crippen MR) is 111 cm³/mol. The van der Waals surface area contributed by atoms with Crippen LogP contribution >= 0.6 is 15.9 Å². The van der Waals surface area contributed by atoms with Crippen molar-refractivity contribution in [3.8, 4) is 0 Å². The van der Waals surface area contributed by atoms with Gasteiger partial charge in [-0.1, -0.05) is 28.1 Å². The maximum atomic E-state index is 13.2. The maximum Gasteiger partial charge on any atom is 0.258 e. The van der Waals surface area contributed by atoms with E-state index >= 15 is 0 Å². The van der Waals surface area contributed by atoms with E-state index in [0.29, 0.717) is 10.9 Å². The third-order valence-corrected chi connectivity index (χ3v) is 7.03. The molecule has 0 aliphatic carbocycles.